The van der Waals surface area contributed by atoms with E-state index in [0.29, 0.717) is 5.02 Å². The molecule has 0 N–H and O–H groups in total. The number of benzene rings is 1. The monoisotopic (exact) mass is 400 g/mol. The van der Waals surface area contributed by atoms with Crippen LogP contribution in [0, 0.1) is 0 Å². The van der Waals surface area contributed by atoms with Crippen molar-refractivity contribution in [2.75, 3.05) is 0 Å². The highest BCUT2D eigenvalue weighted by atomic mass is 35.5. The van der Waals surface area contributed by atoms with Crippen molar-refractivity contribution in [2.24, 2.45) is 0 Å². The molecule has 0 atom stereocenters. The minimum absolute atomic E-state index is 0.0341. The van der Waals surface area contributed by atoms with Crippen molar-refractivity contribution in [2.45, 2.75) is 64.2 Å². The van der Waals surface area contributed by atoms with Gasteiger partial charge < -0.3 is 0 Å². The van der Waals surface area contributed by atoms with E-state index in [1.54, 1.807) is 22.2 Å². The van der Waals surface area contributed by atoms with Crippen LogP contribution in [0.25, 0.3) is 15.9 Å². The van der Waals surface area contributed by atoms with Gasteiger partial charge in [-0.2, -0.15) is 0 Å². The van der Waals surface area contributed by atoms with E-state index in [9.17, 15) is 4.79 Å². The topological polar surface area (TPSA) is 34.9 Å². The lowest BCUT2D eigenvalue weighted by Gasteiger charge is -2.09. The predicted octanol–water partition coefficient (Wildman–Crippen LogP) is 6.32. The molecule has 0 aliphatic heterocycles. The Labute approximate surface area is 169 Å². The molecule has 0 unspecified atom stereocenters. The van der Waals surface area contributed by atoms with Crippen LogP contribution in [0.2, 0.25) is 5.02 Å². The van der Waals surface area contributed by atoms with Gasteiger partial charge in [0.25, 0.3) is 5.56 Å². The van der Waals surface area contributed by atoms with Crippen LogP contribution in [-0.2, 0) is 12.8 Å². The lowest BCUT2D eigenvalue weighted by Crippen LogP contribution is -2.19. The van der Waals surface area contributed by atoms with Crippen molar-refractivity contribution in [3.8, 4) is 5.69 Å². The fourth-order valence-corrected chi connectivity index (χ4v) is 5.42. The number of nitrogens with zero attached hydrogens (tertiary/aromatic N) is 2. The summed E-state index contributed by atoms with van der Waals surface area (Å²) < 4.78 is 1.64. The molecule has 5 heteroatoms. The molecule has 0 radical (unpaired) electrons. The van der Waals surface area contributed by atoms with Gasteiger partial charge in [-0.05, 0) is 49.4 Å². The molecule has 0 bridgehead atoms. The van der Waals surface area contributed by atoms with Gasteiger partial charge in [0.05, 0.1) is 11.1 Å². The fourth-order valence-electron chi connectivity index (χ4n) is 4.02. The van der Waals surface area contributed by atoms with Gasteiger partial charge in [-0.1, -0.05) is 56.2 Å². The summed E-state index contributed by atoms with van der Waals surface area (Å²) in [6.45, 7) is 0. The average molecular weight is 401 g/mol. The number of fused-ring (bicyclic) bond motifs is 3. The second-order valence-electron chi connectivity index (χ2n) is 7.41. The first kappa shape index (κ1) is 18.7. The molecule has 1 aromatic carbocycles. The van der Waals surface area contributed by atoms with Crippen LogP contribution in [0.4, 0.5) is 0 Å². The summed E-state index contributed by atoms with van der Waals surface area (Å²) in [5.41, 5.74) is 2.06. The van der Waals surface area contributed by atoms with Crippen LogP contribution in [-0.4, -0.2) is 9.55 Å². The Morgan fingerprint density at radius 2 is 1.67 bits per heavy atom. The Hall–Kier alpha value is -1.65. The van der Waals surface area contributed by atoms with E-state index in [1.165, 1.54) is 55.4 Å². The number of aryl methyl sites for hydroxylation is 2. The van der Waals surface area contributed by atoms with Crippen LogP contribution in [0.5, 0.6) is 0 Å². The van der Waals surface area contributed by atoms with Crippen molar-refractivity contribution in [3.05, 3.63) is 56.4 Å². The number of thiophene rings is 1. The normalized spacial score (nSPS) is 16.5. The third-order valence-electron chi connectivity index (χ3n) is 5.46. The van der Waals surface area contributed by atoms with Crippen LogP contribution in [0.3, 0.4) is 0 Å². The standard InChI is InChI=1S/C22H25ClN2OS/c23-16-10-9-11-17(14-16)25-15-24-21-20(22(25)26)18-12-7-5-3-1-2-4-6-8-13-19(18)27-21/h9-11,14-15H,1-8,12-13H2. The van der Waals surface area contributed by atoms with E-state index >= 15 is 0 Å². The molecule has 0 amide bonds. The lowest BCUT2D eigenvalue weighted by atomic mass is 9.99. The summed E-state index contributed by atoms with van der Waals surface area (Å²) in [5, 5.41) is 1.45. The summed E-state index contributed by atoms with van der Waals surface area (Å²) in [4.78, 5) is 20.2. The quantitative estimate of drug-likeness (QED) is 0.479. The second kappa shape index (κ2) is 8.57. The van der Waals surface area contributed by atoms with E-state index in [-0.39, 0.29) is 5.56 Å². The Kier molecular flexibility index (Phi) is 5.94. The first-order chi connectivity index (χ1) is 13.2. The number of aromatic nitrogens is 2. The average Bonchev–Trinajstić information content (AvgIpc) is 3.00. The van der Waals surface area contributed by atoms with Crippen LogP contribution in [0.15, 0.2) is 35.4 Å². The molecule has 4 rings (SSSR count). The second-order valence-corrected chi connectivity index (χ2v) is 8.93. The minimum atomic E-state index is 0.0341. The number of hydrogen-bond acceptors (Lipinski definition) is 3. The molecule has 142 valence electrons. The molecule has 0 fully saturated rings. The molecule has 27 heavy (non-hydrogen) atoms. The highest BCUT2D eigenvalue weighted by Crippen LogP contribution is 2.31. The number of rotatable bonds is 1. The predicted molar refractivity (Wildman–Crippen MR) is 115 cm³/mol. The first-order valence-corrected chi connectivity index (χ1v) is 11.2. The first-order valence-electron chi connectivity index (χ1n) is 10.0. The van der Waals surface area contributed by atoms with Crippen molar-refractivity contribution in [1.29, 1.82) is 0 Å². The van der Waals surface area contributed by atoms with Crippen molar-refractivity contribution in [1.82, 2.24) is 9.55 Å². The highest BCUT2D eigenvalue weighted by molar-refractivity contribution is 7.18. The molecule has 0 spiro atoms. The molecule has 1 aliphatic rings. The van der Waals surface area contributed by atoms with Crippen LogP contribution < -0.4 is 5.56 Å². The molecule has 2 aromatic heterocycles. The maximum atomic E-state index is 13.3. The van der Waals surface area contributed by atoms with Gasteiger partial charge in [-0.25, -0.2) is 4.98 Å². The third-order valence-corrected chi connectivity index (χ3v) is 6.90. The summed E-state index contributed by atoms with van der Waals surface area (Å²) in [5.74, 6) is 0. The van der Waals surface area contributed by atoms with E-state index < -0.39 is 0 Å². The molecule has 1 aliphatic carbocycles. The van der Waals surface area contributed by atoms with Gasteiger partial charge in [-0.3, -0.25) is 9.36 Å². The van der Waals surface area contributed by atoms with Gasteiger partial charge in [-0.15, -0.1) is 11.3 Å². The third kappa shape index (κ3) is 4.12. The summed E-state index contributed by atoms with van der Waals surface area (Å²) in [6.07, 6.45) is 14.0. The largest absolute Gasteiger partial charge is 0.268 e. The van der Waals surface area contributed by atoms with E-state index in [0.717, 1.165) is 35.2 Å². The minimum Gasteiger partial charge on any atom is -0.268 e. The van der Waals surface area contributed by atoms with Gasteiger partial charge in [0.2, 0.25) is 0 Å². The molecule has 3 aromatic rings. The molecular formula is C22H25ClN2OS. The van der Waals surface area contributed by atoms with Gasteiger partial charge in [0.15, 0.2) is 0 Å². The molecule has 2 heterocycles. The lowest BCUT2D eigenvalue weighted by molar-refractivity contribution is 0.562. The summed E-state index contributed by atoms with van der Waals surface area (Å²) in [6, 6.07) is 7.40. The van der Waals surface area contributed by atoms with E-state index in [2.05, 4.69) is 4.98 Å². The Balaban J connectivity index is 1.79. The number of halogens is 1. The zero-order chi connectivity index (χ0) is 18.6. The smallest absolute Gasteiger partial charge is 0.266 e. The molecular weight excluding hydrogens is 376 g/mol. The Morgan fingerprint density at radius 3 is 2.41 bits per heavy atom. The number of hydrogen-bond donors (Lipinski definition) is 0. The van der Waals surface area contributed by atoms with E-state index in [1.807, 2.05) is 24.3 Å². The van der Waals surface area contributed by atoms with E-state index in [4.69, 9.17) is 11.6 Å². The van der Waals surface area contributed by atoms with Gasteiger partial charge in [0.1, 0.15) is 11.2 Å². The Bertz CT molecular complexity index is 992. The molecule has 0 saturated carbocycles. The zero-order valence-corrected chi connectivity index (χ0v) is 17.1. The van der Waals surface area contributed by atoms with Crippen molar-refractivity contribution < 1.29 is 0 Å². The van der Waals surface area contributed by atoms with Gasteiger partial charge in [0, 0.05) is 9.90 Å². The Morgan fingerprint density at radius 1 is 0.963 bits per heavy atom. The summed E-state index contributed by atoms with van der Waals surface area (Å²) in [7, 11) is 0. The fraction of sp³-hybridized carbons (Fsp3) is 0.455. The highest BCUT2D eigenvalue weighted by Gasteiger charge is 2.18. The SMILES string of the molecule is O=c1c2c3c(sc2ncn1-c1cccc(Cl)c1)CCCCCCCCCC3. The molecule has 0 saturated heterocycles. The van der Waals surface area contributed by atoms with Gasteiger partial charge >= 0.3 is 0 Å². The zero-order valence-electron chi connectivity index (χ0n) is 15.5. The maximum Gasteiger partial charge on any atom is 0.266 e. The maximum absolute atomic E-state index is 13.3. The van der Waals surface area contributed by atoms with Crippen molar-refractivity contribution >= 4 is 33.2 Å². The van der Waals surface area contributed by atoms with Crippen LogP contribution in [0.1, 0.15) is 61.8 Å². The van der Waals surface area contributed by atoms with Crippen LogP contribution >= 0.6 is 22.9 Å². The molecule has 3 nitrogen and oxygen atoms in total. The van der Waals surface area contributed by atoms with Crippen molar-refractivity contribution in [3.63, 3.8) is 0 Å². The summed E-state index contributed by atoms with van der Waals surface area (Å²) >= 11 is 7.85.